The van der Waals surface area contributed by atoms with Crippen LogP contribution < -0.4 is 5.73 Å². The summed E-state index contributed by atoms with van der Waals surface area (Å²) < 4.78 is 0. The fourth-order valence-electron chi connectivity index (χ4n) is 1.71. The maximum Gasteiger partial charge on any atom is 0.222 e. The maximum atomic E-state index is 11.5. The van der Waals surface area contributed by atoms with Crippen LogP contribution in [-0.2, 0) is 4.79 Å². The van der Waals surface area contributed by atoms with Crippen LogP contribution in [0, 0.1) is 5.92 Å². The molecule has 3 heteroatoms. The molecule has 0 radical (unpaired) electrons. The third kappa shape index (κ3) is 1.78. The summed E-state index contributed by atoms with van der Waals surface area (Å²) in [5.74, 6) is 1.03. The van der Waals surface area contributed by atoms with Crippen LogP contribution in [0.15, 0.2) is 0 Å². The standard InChI is InChI=1S/C9H16N2O/c10-8-3-4-11(6-8)9(12)5-7-1-2-7/h7-8H,1-6,10H2/t8-/m1/s1. The number of hydrogen-bond acceptors (Lipinski definition) is 2. The van der Waals surface area contributed by atoms with Crippen LogP contribution in [0.4, 0.5) is 0 Å². The van der Waals surface area contributed by atoms with E-state index >= 15 is 0 Å². The van der Waals surface area contributed by atoms with Crippen LogP contribution in [-0.4, -0.2) is 29.9 Å². The van der Waals surface area contributed by atoms with Crippen LogP contribution in [0.25, 0.3) is 0 Å². The SMILES string of the molecule is N[C@@H]1CCN(C(=O)CC2CC2)C1. The average Bonchev–Trinajstić information content (AvgIpc) is 2.72. The van der Waals surface area contributed by atoms with Crippen molar-refractivity contribution in [3.05, 3.63) is 0 Å². The topological polar surface area (TPSA) is 46.3 Å². The molecule has 1 saturated heterocycles. The Hall–Kier alpha value is -0.570. The zero-order valence-electron chi connectivity index (χ0n) is 7.33. The van der Waals surface area contributed by atoms with Gasteiger partial charge in [-0.3, -0.25) is 4.79 Å². The molecule has 0 bridgehead atoms. The van der Waals surface area contributed by atoms with Gasteiger partial charge in [0.05, 0.1) is 0 Å². The van der Waals surface area contributed by atoms with Gasteiger partial charge in [0.1, 0.15) is 0 Å². The van der Waals surface area contributed by atoms with Crippen molar-refractivity contribution >= 4 is 5.91 Å². The van der Waals surface area contributed by atoms with Gasteiger partial charge in [-0.2, -0.15) is 0 Å². The van der Waals surface area contributed by atoms with E-state index < -0.39 is 0 Å². The third-order valence-corrected chi connectivity index (χ3v) is 2.74. The number of carbonyl (C=O) groups excluding carboxylic acids is 1. The molecule has 0 aromatic rings. The van der Waals surface area contributed by atoms with E-state index in [1.54, 1.807) is 0 Å². The zero-order chi connectivity index (χ0) is 8.55. The number of rotatable bonds is 2. The second-order valence-electron chi connectivity index (χ2n) is 4.04. The third-order valence-electron chi connectivity index (χ3n) is 2.74. The van der Waals surface area contributed by atoms with Crippen molar-refractivity contribution in [3.63, 3.8) is 0 Å². The van der Waals surface area contributed by atoms with Gasteiger partial charge in [0.2, 0.25) is 5.91 Å². The van der Waals surface area contributed by atoms with E-state index in [1.165, 1.54) is 12.8 Å². The van der Waals surface area contributed by atoms with Crippen LogP contribution in [0.3, 0.4) is 0 Å². The van der Waals surface area contributed by atoms with Crippen LogP contribution >= 0.6 is 0 Å². The summed E-state index contributed by atoms with van der Waals surface area (Å²) in [4.78, 5) is 13.4. The van der Waals surface area contributed by atoms with E-state index in [1.807, 2.05) is 4.90 Å². The molecule has 2 rings (SSSR count). The molecule has 0 spiro atoms. The zero-order valence-corrected chi connectivity index (χ0v) is 7.33. The highest BCUT2D eigenvalue weighted by atomic mass is 16.2. The highest BCUT2D eigenvalue weighted by Crippen LogP contribution is 2.33. The minimum absolute atomic E-state index is 0.230. The predicted octanol–water partition coefficient (Wildman–Crippen LogP) is 0.346. The second kappa shape index (κ2) is 3.05. The number of hydrogen-bond donors (Lipinski definition) is 1. The van der Waals surface area contributed by atoms with Crippen molar-refractivity contribution in [1.82, 2.24) is 4.90 Å². The van der Waals surface area contributed by atoms with E-state index in [-0.39, 0.29) is 6.04 Å². The predicted molar refractivity (Wildman–Crippen MR) is 46.5 cm³/mol. The van der Waals surface area contributed by atoms with Crippen LogP contribution in [0.1, 0.15) is 25.7 Å². The molecule has 1 aliphatic carbocycles. The van der Waals surface area contributed by atoms with Gasteiger partial charge < -0.3 is 10.6 Å². The van der Waals surface area contributed by atoms with Gasteiger partial charge in [-0.25, -0.2) is 0 Å². The Balaban J connectivity index is 1.79. The lowest BCUT2D eigenvalue weighted by Crippen LogP contribution is -2.31. The molecule has 2 aliphatic rings. The van der Waals surface area contributed by atoms with Crippen LogP contribution in [0.2, 0.25) is 0 Å². The normalized spacial score (nSPS) is 29.4. The van der Waals surface area contributed by atoms with Gasteiger partial charge >= 0.3 is 0 Å². The summed E-state index contributed by atoms with van der Waals surface area (Å²) in [5.41, 5.74) is 5.72. The van der Waals surface area contributed by atoms with Crippen molar-refractivity contribution in [3.8, 4) is 0 Å². The first-order valence-electron chi connectivity index (χ1n) is 4.79. The molecular formula is C9H16N2O. The van der Waals surface area contributed by atoms with Crippen molar-refractivity contribution in [1.29, 1.82) is 0 Å². The second-order valence-corrected chi connectivity index (χ2v) is 4.04. The van der Waals surface area contributed by atoms with Crippen molar-refractivity contribution in [2.75, 3.05) is 13.1 Å². The molecule has 1 atom stereocenters. The van der Waals surface area contributed by atoms with Crippen molar-refractivity contribution < 1.29 is 4.79 Å². The quantitative estimate of drug-likeness (QED) is 0.646. The van der Waals surface area contributed by atoms with E-state index in [2.05, 4.69) is 0 Å². The first-order valence-corrected chi connectivity index (χ1v) is 4.79. The summed E-state index contributed by atoms with van der Waals surface area (Å²) in [6, 6.07) is 0.230. The molecular weight excluding hydrogens is 152 g/mol. The molecule has 0 aromatic heterocycles. The van der Waals surface area contributed by atoms with E-state index in [0.717, 1.165) is 25.9 Å². The minimum atomic E-state index is 0.230. The number of amides is 1. The minimum Gasteiger partial charge on any atom is -0.341 e. The monoisotopic (exact) mass is 168 g/mol. The van der Waals surface area contributed by atoms with Gasteiger partial charge in [0.25, 0.3) is 0 Å². The van der Waals surface area contributed by atoms with Gasteiger partial charge in [-0.1, -0.05) is 0 Å². The molecule has 2 N–H and O–H groups in total. The summed E-state index contributed by atoms with van der Waals surface area (Å²) in [6.45, 7) is 1.66. The summed E-state index contributed by atoms with van der Waals surface area (Å²) in [7, 11) is 0. The Morgan fingerprint density at radius 1 is 1.42 bits per heavy atom. The van der Waals surface area contributed by atoms with Gasteiger partial charge in [0.15, 0.2) is 0 Å². The van der Waals surface area contributed by atoms with Gasteiger partial charge in [0, 0.05) is 25.6 Å². The molecule has 1 heterocycles. The molecule has 0 aromatic carbocycles. The van der Waals surface area contributed by atoms with E-state index in [0.29, 0.717) is 11.8 Å². The first kappa shape index (κ1) is 8.05. The first-order chi connectivity index (χ1) is 5.75. The highest BCUT2D eigenvalue weighted by molar-refractivity contribution is 5.77. The Morgan fingerprint density at radius 3 is 2.67 bits per heavy atom. The Bertz CT molecular complexity index is 189. The molecule has 0 unspecified atom stereocenters. The number of likely N-dealkylation sites (tertiary alicyclic amines) is 1. The van der Waals surface area contributed by atoms with Crippen molar-refractivity contribution in [2.24, 2.45) is 11.7 Å². The number of carbonyl (C=O) groups is 1. The summed E-state index contributed by atoms with van der Waals surface area (Å²) in [6.07, 6.45) is 4.26. The molecule has 1 amide bonds. The van der Waals surface area contributed by atoms with Gasteiger partial charge in [-0.15, -0.1) is 0 Å². The van der Waals surface area contributed by atoms with Gasteiger partial charge in [-0.05, 0) is 25.2 Å². The molecule has 3 nitrogen and oxygen atoms in total. The molecule has 2 fully saturated rings. The fraction of sp³-hybridized carbons (Fsp3) is 0.889. The summed E-state index contributed by atoms with van der Waals surface area (Å²) >= 11 is 0. The van der Waals surface area contributed by atoms with E-state index in [9.17, 15) is 4.79 Å². The smallest absolute Gasteiger partial charge is 0.222 e. The van der Waals surface area contributed by atoms with Crippen molar-refractivity contribution in [2.45, 2.75) is 31.7 Å². The Morgan fingerprint density at radius 2 is 2.17 bits per heavy atom. The number of nitrogens with two attached hydrogens (primary N) is 1. The lowest BCUT2D eigenvalue weighted by molar-refractivity contribution is -0.130. The maximum absolute atomic E-state index is 11.5. The highest BCUT2D eigenvalue weighted by Gasteiger charge is 2.29. The Labute approximate surface area is 72.9 Å². The largest absolute Gasteiger partial charge is 0.341 e. The fourth-order valence-corrected chi connectivity index (χ4v) is 1.71. The van der Waals surface area contributed by atoms with Crippen LogP contribution in [0.5, 0.6) is 0 Å². The average molecular weight is 168 g/mol. The molecule has 1 aliphatic heterocycles. The molecule has 68 valence electrons. The lowest BCUT2D eigenvalue weighted by atomic mass is 10.2. The molecule has 12 heavy (non-hydrogen) atoms. The summed E-state index contributed by atoms with van der Waals surface area (Å²) in [5, 5.41) is 0. The Kier molecular flexibility index (Phi) is 2.05. The molecule has 1 saturated carbocycles. The van der Waals surface area contributed by atoms with E-state index in [4.69, 9.17) is 5.73 Å². The number of nitrogens with zero attached hydrogens (tertiary/aromatic N) is 1. The lowest BCUT2D eigenvalue weighted by Gasteiger charge is -2.14.